The molecule has 2 rings (SSSR count). The smallest absolute Gasteiger partial charge is 0.416 e. The van der Waals surface area contributed by atoms with E-state index in [1.165, 1.54) is 31.4 Å². The van der Waals surface area contributed by atoms with Gasteiger partial charge in [-0.2, -0.15) is 13.2 Å². The first-order chi connectivity index (χ1) is 11.5. The van der Waals surface area contributed by atoms with Crippen molar-refractivity contribution in [2.75, 3.05) is 0 Å². The van der Waals surface area contributed by atoms with Crippen LogP contribution in [0.15, 0.2) is 29.6 Å². The predicted molar refractivity (Wildman–Crippen MR) is 85.4 cm³/mol. The highest BCUT2D eigenvalue weighted by Gasteiger charge is 2.34. The average molecular weight is 372 g/mol. The van der Waals surface area contributed by atoms with Gasteiger partial charge in [0.05, 0.1) is 17.5 Å². The minimum absolute atomic E-state index is 0.000822. The molecule has 134 valence electrons. The van der Waals surface area contributed by atoms with E-state index in [0.29, 0.717) is 5.01 Å². The van der Waals surface area contributed by atoms with Crippen molar-refractivity contribution in [3.63, 3.8) is 0 Å². The monoisotopic (exact) mass is 372 g/mol. The molecule has 0 saturated heterocycles. The van der Waals surface area contributed by atoms with Crippen molar-refractivity contribution in [1.29, 1.82) is 0 Å². The first kappa shape index (κ1) is 18.9. The summed E-state index contributed by atoms with van der Waals surface area (Å²) in [6.45, 7) is 3.03. The summed E-state index contributed by atoms with van der Waals surface area (Å²) in [5, 5.41) is 13.1. The highest BCUT2D eigenvalue weighted by Crippen LogP contribution is 2.33. The second kappa shape index (κ2) is 6.83. The van der Waals surface area contributed by atoms with Crippen molar-refractivity contribution >= 4 is 23.2 Å². The first-order valence-electron chi connectivity index (χ1n) is 7.15. The number of nitrogens with one attached hydrogen (secondary N) is 1. The molecule has 1 heterocycles. The molecule has 0 atom stereocenters. The number of carboxylic acids is 1. The molecule has 0 aliphatic heterocycles. The number of thiazole rings is 1. The molecule has 5 nitrogen and oxygen atoms in total. The molecule has 0 bridgehead atoms. The van der Waals surface area contributed by atoms with Gasteiger partial charge in [0, 0.05) is 5.38 Å². The van der Waals surface area contributed by atoms with Crippen molar-refractivity contribution in [3.05, 3.63) is 51.5 Å². The van der Waals surface area contributed by atoms with Gasteiger partial charge in [0.2, 0.25) is 5.91 Å². The topological polar surface area (TPSA) is 79.3 Å². The molecular formula is C16H15F3N2O3S. The fraction of sp³-hybridized carbons (Fsp3) is 0.312. The highest BCUT2D eigenvalue weighted by molar-refractivity contribution is 7.09. The molecule has 2 N–H and O–H groups in total. The summed E-state index contributed by atoms with van der Waals surface area (Å²) in [4.78, 5) is 27.0. The molecule has 0 fully saturated rings. The lowest BCUT2D eigenvalue weighted by atomic mass is 9.83. The van der Waals surface area contributed by atoms with Crippen LogP contribution in [0.5, 0.6) is 0 Å². The predicted octanol–water partition coefficient (Wildman–Crippen LogP) is 3.45. The fourth-order valence-electron chi connectivity index (χ4n) is 2.08. The zero-order valence-corrected chi connectivity index (χ0v) is 14.2. The summed E-state index contributed by atoms with van der Waals surface area (Å²) in [6, 6.07) is 4.61. The molecule has 0 spiro atoms. The standard InChI is InChI=1S/C16H15F3N2O3S/c1-15(2,9-4-3-5-10(6-9)16(17,18)19)14(24)20-7-12-21-11(8-25-12)13(22)23/h3-6,8H,7H2,1-2H3,(H,20,24)(H,22,23). The summed E-state index contributed by atoms with van der Waals surface area (Å²) in [5.74, 6) is -1.66. The number of hydrogen-bond donors (Lipinski definition) is 2. The molecule has 0 aliphatic rings. The minimum Gasteiger partial charge on any atom is -0.476 e. The van der Waals surface area contributed by atoms with Crippen molar-refractivity contribution < 1.29 is 27.9 Å². The van der Waals surface area contributed by atoms with Crippen molar-refractivity contribution in [3.8, 4) is 0 Å². The Kier molecular flexibility index (Phi) is 5.17. The second-order valence-corrected chi connectivity index (χ2v) is 6.76. The van der Waals surface area contributed by atoms with E-state index >= 15 is 0 Å². The third kappa shape index (κ3) is 4.36. The number of nitrogens with zero attached hydrogens (tertiary/aromatic N) is 1. The lowest BCUT2D eigenvalue weighted by Crippen LogP contribution is -2.39. The second-order valence-electron chi connectivity index (χ2n) is 5.82. The van der Waals surface area contributed by atoms with Crippen LogP contribution in [-0.4, -0.2) is 22.0 Å². The Morgan fingerprint density at radius 1 is 1.24 bits per heavy atom. The Morgan fingerprint density at radius 3 is 2.44 bits per heavy atom. The summed E-state index contributed by atoms with van der Waals surface area (Å²) >= 11 is 1.08. The van der Waals surface area contributed by atoms with Gasteiger partial charge in [0.25, 0.3) is 0 Å². The number of aromatic carboxylic acids is 1. The number of benzene rings is 1. The fourth-order valence-corrected chi connectivity index (χ4v) is 2.79. The van der Waals surface area contributed by atoms with Crippen molar-refractivity contribution in [2.24, 2.45) is 0 Å². The zero-order valence-electron chi connectivity index (χ0n) is 13.3. The van der Waals surface area contributed by atoms with Crippen LogP contribution >= 0.6 is 11.3 Å². The van der Waals surface area contributed by atoms with Gasteiger partial charge < -0.3 is 10.4 Å². The van der Waals surface area contributed by atoms with Gasteiger partial charge in [-0.3, -0.25) is 4.79 Å². The minimum atomic E-state index is -4.49. The quantitative estimate of drug-likeness (QED) is 0.843. The molecule has 1 amide bonds. The number of amides is 1. The lowest BCUT2D eigenvalue weighted by molar-refractivity contribution is -0.138. The maximum Gasteiger partial charge on any atom is 0.416 e. The SMILES string of the molecule is CC(C)(C(=O)NCc1nc(C(=O)O)cs1)c1cccc(C(F)(F)F)c1. The summed E-state index contributed by atoms with van der Waals surface area (Å²) in [7, 11) is 0. The van der Waals surface area contributed by atoms with Gasteiger partial charge in [-0.05, 0) is 25.5 Å². The number of aromatic nitrogens is 1. The average Bonchev–Trinajstić information content (AvgIpc) is 3.01. The molecule has 0 unspecified atom stereocenters. The molecule has 0 aliphatic carbocycles. The number of alkyl halides is 3. The van der Waals surface area contributed by atoms with E-state index in [9.17, 15) is 22.8 Å². The summed E-state index contributed by atoms with van der Waals surface area (Å²) < 4.78 is 38.5. The Hall–Kier alpha value is -2.42. The van der Waals surface area contributed by atoms with Crippen LogP contribution < -0.4 is 5.32 Å². The van der Waals surface area contributed by atoms with Crippen molar-refractivity contribution in [1.82, 2.24) is 10.3 Å². The lowest BCUT2D eigenvalue weighted by Gasteiger charge is -2.25. The number of carbonyl (C=O) groups is 2. The van der Waals surface area contributed by atoms with Crippen LogP contribution in [0.3, 0.4) is 0 Å². The van der Waals surface area contributed by atoms with E-state index in [1.54, 1.807) is 0 Å². The van der Waals surface area contributed by atoms with E-state index in [4.69, 9.17) is 5.11 Å². The molecule has 9 heteroatoms. The molecule has 1 aromatic heterocycles. The van der Waals surface area contributed by atoms with E-state index < -0.39 is 29.0 Å². The molecular weight excluding hydrogens is 357 g/mol. The number of halogens is 3. The summed E-state index contributed by atoms with van der Waals surface area (Å²) in [6.07, 6.45) is -4.49. The highest BCUT2D eigenvalue weighted by atomic mass is 32.1. The van der Waals surface area contributed by atoms with Gasteiger partial charge in [0.1, 0.15) is 5.01 Å². The number of hydrogen-bond acceptors (Lipinski definition) is 4. The Bertz CT molecular complexity index is 800. The van der Waals surface area contributed by atoms with Crippen LogP contribution in [0, 0.1) is 0 Å². The third-order valence-electron chi connectivity index (χ3n) is 3.65. The molecule has 0 radical (unpaired) electrons. The van der Waals surface area contributed by atoms with Crippen LogP contribution in [0.1, 0.15) is 40.5 Å². The molecule has 1 aromatic carbocycles. The van der Waals surface area contributed by atoms with E-state index in [0.717, 1.165) is 23.5 Å². The van der Waals surface area contributed by atoms with E-state index in [-0.39, 0.29) is 17.8 Å². The molecule has 25 heavy (non-hydrogen) atoms. The maximum absolute atomic E-state index is 12.8. The van der Waals surface area contributed by atoms with Crippen LogP contribution in [-0.2, 0) is 22.9 Å². The number of carbonyl (C=O) groups excluding carboxylic acids is 1. The van der Waals surface area contributed by atoms with Gasteiger partial charge in [-0.1, -0.05) is 18.2 Å². The molecule has 0 saturated carbocycles. The molecule has 2 aromatic rings. The van der Waals surface area contributed by atoms with Crippen LogP contribution in [0.2, 0.25) is 0 Å². The maximum atomic E-state index is 12.8. The normalized spacial score (nSPS) is 12.0. The van der Waals surface area contributed by atoms with E-state index in [2.05, 4.69) is 10.3 Å². The Morgan fingerprint density at radius 2 is 1.88 bits per heavy atom. The van der Waals surface area contributed by atoms with Gasteiger partial charge >= 0.3 is 12.1 Å². The largest absolute Gasteiger partial charge is 0.476 e. The summed E-state index contributed by atoms with van der Waals surface area (Å²) in [5.41, 5.74) is -1.91. The van der Waals surface area contributed by atoms with E-state index in [1.807, 2.05) is 0 Å². The Labute approximate surface area is 145 Å². The number of rotatable bonds is 5. The van der Waals surface area contributed by atoms with Crippen molar-refractivity contribution in [2.45, 2.75) is 32.0 Å². The Balaban J connectivity index is 2.12. The van der Waals surface area contributed by atoms with Gasteiger partial charge in [-0.15, -0.1) is 11.3 Å². The zero-order chi connectivity index (χ0) is 18.8. The van der Waals surface area contributed by atoms with Crippen LogP contribution in [0.25, 0.3) is 0 Å². The number of carboxylic acid groups (broad SMARTS) is 1. The van der Waals surface area contributed by atoms with Crippen LogP contribution in [0.4, 0.5) is 13.2 Å². The van der Waals surface area contributed by atoms with Gasteiger partial charge in [0.15, 0.2) is 5.69 Å². The van der Waals surface area contributed by atoms with Gasteiger partial charge in [-0.25, -0.2) is 9.78 Å². The third-order valence-corrected chi connectivity index (χ3v) is 4.50. The first-order valence-corrected chi connectivity index (χ1v) is 8.03.